The van der Waals surface area contributed by atoms with Gasteiger partial charge in [0.2, 0.25) is 11.8 Å². The third-order valence-electron chi connectivity index (χ3n) is 7.96. The van der Waals surface area contributed by atoms with Crippen molar-refractivity contribution in [3.05, 3.63) is 91.5 Å². The highest BCUT2D eigenvalue weighted by Crippen LogP contribution is 2.28. The van der Waals surface area contributed by atoms with Gasteiger partial charge >= 0.3 is 11.7 Å². The van der Waals surface area contributed by atoms with Crippen LogP contribution in [0.1, 0.15) is 24.0 Å². The Balaban J connectivity index is 1.34. The van der Waals surface area contributed by atoms with Crippen LogP contribution in [0.2, 0.25) is 5.02 Å². The Morgan fingerprint density at radius 3 is 2.38 bits per heavy atom. The second-order valence-corrected chi connectivity index (χ2v) is 10.8. The molecule has 10 nitrogen and oxygen atoms in total. The lowest BCUT2D eigenvalue weighted by atomic mass is 10.0. The average Bonchev–Trinajstić information content (AvgIpc) is 3.16. The Morgan fingerprint density at radius 1 is 0.952 bits per heavy atom. The van der Waals surface area contributed by atoms with Gasteiger partial charge in [-0.2, -0.15) is 0 Å². The number of hydrogen-bond acceptors (Lipinski definition) is 6. The highest BCUT2D eigenvalue weighted by molar-refractivity contribution is 6.33. The van der Waals surface area contributed by atoms with E-state index in [0.717, 1.165) is 35.9 Å². The molecule has 5 rings (SSSR count). The number of rotatable bonds is 6. The predicted octanol–water partition coefficient (Wildman–Crippen LogP) is 2.26. The first-order chi connectivity index (χ1) is 20.2. The van der Waals surface area contributed by atoms with Crippen molar-refractivity contribution in [2.24, 2.45) is 0 Å². The second-order valence-electron chi connectivity index (χ2n) is 10.4. The van der Waals surface area contributed by atoms with E-state index in [4.69, 9.17) is 11.6 Å². The van der Waals surface area contributed by atoms with Gasteiger partial charge in [0.05, 0.1) is 24.1 Å². The standard InChI is InChI=1S/C30H30ClFN4O6/c1-42-27(39)18-36-29(40)23(22-7-4-8-24(32)28(22)31)16-34(30(36)41)17-26(38)33-12-10-21(11-13-33)35-14-9-19-5-2-3-6-20(19)15-25(35)37/h2-8,16,21H,9-15,17-18H2,1H3. The van der Waals surface area contributed by atoms with Gasteiger partial charge in [-0.1, -0.05) is 48.0 Å². The normalized spacial score (nSPS) is 15.7. The monoisotopic (exact) mass is 596 g/mol. The van der Waals surface area contributed by atoms with E-state index in [1.165, 1.54) is 17.7 Å². The molecule has 3 aromatic rings. The van der Waals surface area contributed by atoms with Crippen molar-refractivity contribution in [3.63, 3.8) is 0 Å². The summed E-state index contributed by atoms with van der Waals surface area (Å²) in [6, 6.07) is 11.9. The minimum absolute atomic E-state index is 0.00210. The third kappa shape index (κ3) is 5.87. The molecule has 0 atom stereocenters. The van der Waals surface area contributed by atoms with E-state index in [0.29, 0.717) is 43.5 Å². The quantitative estimate of drug-likeness (QED) is 0.404. The van der Waals surface area contributed by atoms with Crippen LogP contribution in [0.3, 0.4) is 0 Å². The zero-order chi connectivity index (χ0) is 30.0. The lowest BCUT2D eigenvalue weighted by Crippen LogP contribution is -2.50. The summed E-state index contributed by atoms with van der Waals surface area (Å²) in [5, 5.41) is -0.330. The Hall–Kier alpha value is -4.25. The Labute approximate surface area is 245 Å². The molecule has 0 spiro atoms. The molecular weight excluding hydrogens is 567 g/mol. The SMILES string of the molecule is COC(=O)Cn1c(=O)c(-c2cccc(F)c2Cl)cn(CC(=O)N2CCC(N3CCc4ccccc4CC3=O)CC2)c1=O. The Bertz CT molecular complexity index is 1660. The summed E-state index contributed by atoms with van der Waals surface area (Å²) >= 11 is 6.12. The number of carbonyl (C=O) groups excluding carboxylic acids is 3. The minimum atomic E-state index is -0.889. The molecule has 220 valence electrons. The maximum Gasteiger partial charge on any atom is 0.332 e. The fourth-order valence-corrected chi connectivity index (χ4v) is 5.89. The summed E-state index contributed by atoms with van der Waals surface area (Å²) in [6.07, 6.45) is 3.49. The van der Waals surface area contributed by atoms with Crippen molar-refractivity contribution in [1.29, 1.82) is 0 Å². The molecule has 1 aromatic heterocycles. The highest BCUT2D eigenvalue weighted by Gasteiger charge is 2.31. The first-order valence-electron chi connectivity index (χ1n) is 13.7. The van der Waals surface area contributed by atoms with E-state index in [-0.39, 0.29) is 34.0 Å². The van der Waals surface area contributed by atoms with E-state index in [1.54, 1.807) is 4.90 Å². The number of esters is 1. The number of piperidine rings is 1. The van der Waals surface area contributed by atoms with Crippen LogP contribution in [0, 0.1) is 5.82 Å². The number of ether oxygens (including phenoxy) is 1. The fraction of sp³-hybridized carbons (Fsp3) is 0.367. The van der Waals surface area contributed by atoms with Crippen LogP contribution in [0.5, 0.6) is 0 Å². The Morgan fingerprint density at radius 2 is 1.67 bits per heavy atom. The fourth-order valence-electron chi connectivity index (χ4n) is 5.66. The number of amides is 2. The van der Waals surface area contributed by atoms with Gasteiger partial charge in [0.15, 0.2) is 0 Å². The summed E-state index contributed by atoms with van der Waals surface area (Å²) in [5.74, 6) is -1.91. The van der Waals surface area contributed by atoms with Crippen molar-refractivity contribution < 1.29 is 23.5 Å². The molecule has 2 aromatic carbocycles. The number of likely N-dealkylation sites (tertiary alicyclic amines) is 1. The van der Waals surface area contributed by atoms with Crippen molar-refractivity contribution >= 4 is 29.4 Å². The molecule has 0 unspecified atom stereocenters. The zero-order valence-corrected chi connectivity index (χ0v) is 23.8. The zero-order valence-electron chi connectivity index (χ0n) is 23.1. The number of benzene rings is 2. The first-order valence-corrected chi connectivity index (χ1v) is 14.0. The lowest BCUT2D eigenvalue weighted by molar-refractivity contribution is -0.141. The van der Waals surface area contributed by atoms with E-state index in [2.05, 4.69) is 10.8 Å². The van der Waals surface area contributed by atoms with Gasteiger partial charge in [0.25, 0.3) is 5.56 Å². The van der Waals surface area contributed by atoms with E-state index in [1.807, 2.05) is 23.1 Å². The van der Waals surface area contributed by atoms with Gasteiger partial charge in [0.1, 0.15) is 18.9 Å². The number of hydrogen-bond donors (Lipinski definition) is 0. The largest absolute Gasteiger partial charge is 0.468 e. The molecule has 0 radical (unpaired) electrons. The van der Waals surface area contributed by atoms with Crippen molar-refractivity contribution in [1.82, 2.24) is 18.9 Å². The molecular formula is C30H30ClFN4O6. The smallest absolute Gasteiger partial charge is 0.332 e. The van der Waals surface area contributed by atoms with Crippen LogP contribution in [0.25, 0.3) is 11.1 Å². The van der Waals surface area contributed by atoms with Crippen molar-refractivity contribution in [2.45, 2.75) is 44.8 Å². The Kier molecular flexibility index (Phi) is 8.58. The van der Waals surface area contributed by atoms with E-state index in [9.17, 15) is 28.4 Å². The third-order valence-corrected chi connectivity index (χ3v) is 8.34. The number of carbonyl (C=O) groups is 3. The van der Waals surface area contributed by atoms with E-state index < -0.39 is 36.1 Å². The van der Waals surface area contributed by atoms with Gasteiger partial charge < -0.3 is 14.5 Å². The molecule has 2 amide bonds. The molecule has 1 saturated heterocycles. The maximum absolute atomic E-state index is 14.2. The van der Waals surface area contributed by atoms with Crippen molar-refractivity contribution in [3.8, 4) is 11.1 Å². The minimum Gasteiger partial charge on any atom is -0.468 e. The molecule has 1 fully saturated rings. The molecule has 2 aliphatic heterocycles. The van der Waals surface area contributed by atoms with Crippen LogP contribution in [0.4, 0.5) is 4.39 Å². The van der Waals surface area contributed by atoms with Gasteiger partial charge in [0, 0.05) is 37.4 Å². The number of halogens is 2. The van der Waals surface area contributed by atoms with Crippen molar-refractivity contribution in [2.75, 3.05) is 26.7 Å². The molecule has 0 N–H and O–H groups in total. The molecule has 0 saturated carbocycles. The molecule has 0 bridgehead atoms. The average molecular weight is 597 g/mol. The topological polar surface area (TPSA) is 111 Å². The summed E-state index contributed by atoms with van der Waals surface area (Å²) < 4.78 is 20.5. The van der Waals surface area contributed by atoms with Crippen LogP contribution in [-0.4, -0.2) is 69.5 Å². The summed E-state index contributed by atoms with van der Waals surface area (Å²) in [5.41, 5.74) is 0.349. The number of aromatic nitrogens is 2. The van der Waals surface area contributed by atoms with Crippen LogP contribution in [0.15, 0.2) is 58.3 Å². The van der Waals surface area contributed by atoms with Gasteiger partial charge in [-0.3, -0.25) is 23.7 Å². The molecule has 2 aliphatic rings. The van der Waals surface area contributed by atoms with Crippen LogP contribution in [-0.2, 0) is 45.1 Å². The molecule has 3 heterocycles. The van der Waals surface area contributed by atoms with E-state index >= 15 is 0 Å². The molecule has 42 heavy (non-hydrogen) atoms. The lowest BCUT2D eigenvalue weighted by Gasteiger charge is -2.38. The summed E-state index contributed by atoms with van der Waals surface area (Å²) in [6.45, 7) is 0.292. The first kappa shape index (κ1) is 29.2. The summed E-state index contributed by atoms with van der Waals surface area (Å²) in [7, 11) is 1.12. The molecule has 0 aliphatic carbocycles. The van der Waals surface area contributed by atoms with Gasteiger partial charge in [-0.05, 0) is 36.5 Å². The van der Waals surface area contributed by atoms with Gasteiger partial charge in [-0.15, -0.1) is 0 Å². The molecule has 12 heteroatoms. The summed E-state index contributed by atoms with van der Waals surface area (Å²) in [4.78, 5) is 68.3. The number of fused-ring (bicyclic) bond motifs is 1. The van der Waals surface area contributed by atoms with Crippen LogP contribution < -0.4 is 11.2 Å². The number of methoxy groups -OCH3 is 1. The predicted molar refractivity (Wildman–Crippen MR) is 153 cm³/mol. The second kappa shape index (κ2) is 12.3. The number of nitrogens with zero attached hydrogens (tertiary/aromatic N) is 4. The maximum atomic E-state index is 14.2. The van der Waals surface area contributed by atoms with Gasteiger partial charge in [-0.25, -0.2) is 13.8 Å². The van der Waals surface area contributed by atoms with Crippen LogP contribution >= 0.6 is 11.6 Å². The highest BCUT2D eigenvalue weighted by atomic mass is 35.5.